The van der Waals surface area contributed by atoms with E-state index < -0.39 is 0 Å². The van der Waals surface area contributed by atoms with Crippen molar-refractivity contribution in [3.63, 3.8) is 0 Å². The Morgan fingerprint density at radius 2 is 1.80 bits per heavy atom. The number of para-hydroxylation sites is 1. The highest BCUT2D eigenvalue weighted by Gasteiger charge is 2.19. The quantitative estimate of drug-likeness (QED) is 0.859. The zero-order valence-electron chi connectivity index (χ0n) is 13.8. The summed E-state index contributed by atoms with van der Waals surface area (Å²) in [6, 6.07) is 14.3. The third-order valence-electron chi connectivity index (χ3n) is 4.10. The van der Waals surface area contributed by atoms with Crippen molar-refractivity contribution in [2.75, 3.05) is 30.3 Å². The fourth-order valence-corrected chi connectivity index (χ4v) is 2.99. The number of hydrogen-bond donors (Lipinski definition) is 2. The summed E-state index contributed by atoms with van der Waals surface area (Å²) < 4.78 is 0. The number of benzene rings is 2. The highest BCUT2D eigenvalue weighted by Crippen LogP contribution is 2.20. The van der Waals surface area contributed by atoms with E-state index >= 15 is 0 Å². The number of rotatable bonds is 5. The molecule has 6 heteroatoms. The number of hydrogen-bond acceptors (Lipinski definition) is 3. The van der Waals surface area contributed by atoms with Gasteiger partial charge in [0.15, 0.2) is 0 Å². The number of likely N-dealkylation sites (tertiary alicyclic amines) is 1. The second-order valence-electron chi connectivity index (χ2n) is 5.96. The summed E-state index contributed by atoms with van der Waals surface area (Å²) in [5.41, 5.74) is 1.95. The van der Waals surface area contributed by atoms with Gasteiger partial charge in [0.25, 0.3) is 5.91 Å². The molecule has 0 aliphatic carbocycles. The van der Waals surface area contributed by atoms with E-state index in [0.717, 1.165) is 31.6 Å². The van der Waals surface area contributed by atoms with Crippen LogP contribution in [-0.2, 0) is 4.79 Å². The van der Waals surface area contributed by atoms with E-state index in [-0.39, 0.29) is 18.4 Å². The van der Waals surface area contributed by atoms with E-state index in [1.807, 2.05) is 23.1 Å². The van der Waals surface area contributed by atoms with Crippen molar-refractivity contribution in [2.45, 2.75) is 12.8 Å². The first-order valence-electron chi connectivity index (χ1n) is 8.31. The standard InChI is InChI=1S/C19H20ClN3O2/c20-16-8-1-2-9-17(16)22-18(24)13-21-15-7-5-6-14(12-15)19(25)23-10-3-4-11-23/h1-2,5-9,12,21H,3-4,10-11,13H2,(H,22,24). The van der Waals surface area contributed by atoms with E-state index in [1.54, 1.807) is 30.3 Å². The van der Waals surface area contributed by atoms with Crippen LogP contribution < -0.4 is 10.6 Å². The lowest BCUT2D eigenvalue weighted by atomic mass is 10.1. The minimum Gasteiger partial charge on any atom is -0.376 e. The molecule has 25 heavy (non-hydrogen) atoms. The van der Waals surface area contributed by atoms with Gasteiger partial charge in [0.2, 0.25) is 5.91 Å². The summed E-state index contributed by atoms with van der Waals surface area (Å²) in [4.78, 5) is 26.3. The van der Waals surface area contributed by atoms with Crippen molar-refractivity contribution in [1.82, 2.24) is 4.90 Å². The Hall–Kier alpha value is -2.53. The molecule has 0 saturated carbocycles. The minimum atomic E-state index is -0.204. The van der Waals surface area contributed by atoms with E-state index in [0.29, 0.717) is 16.3 Å². The predicted octanol–water partition coefficient (Wildman–Crippen LogP) is 3.63. The molecule has 0 radical (unpaired) electrons. The van der Waals surface area contributed by atoms with Gasteiger partial charge < -0.3 is 15.5 Å². The summed E-state index contributed by atoms with van der Waals surface area (Å²) in [6.07, 6.45) is 2.12. The smallest absolute Gasteiger partial charge is 0.253 e. The normalized spacial score (nSPS) is 13.6. The van der Waals surface area contributed by atoms with E-state index in [9.17, 15) is 9.59 Å². The van der Waals surface area contributed by atoms with Crippen molar-refractivity contribution < 1.29 is 9.59 Å². The van der Waals surface area contributed by atoms with Crippen molar-refractivity contribution in [3.8, 4) is 0 Å². The third kappa shape index (κ3) is 4.51. The zero-order valence-corrected chi connectivity index (χ0v) is 14.6. The Balaban J connectivity index is 1.58. The lowest BCUT2D eigenvalue weighted by Crippen LogP contribution is -2.27. The Bertz CT molecular complexity index is 773. The molecule has 2 amide bonds. The molecule has 2 aromatic rings. The molecule has 1 aliphatic heterocycles. The monoisotopic (exact) mass is 357 g/mol. The summed E-state index contributed by atoms with van der Waals surface area (Å²) in [6.45, 7) is 1.72. The molecule has 1 saturated heterocycles. The number of nitrogens with zero attached hydrogens (tertiary/aromatic N) is 1. The van der Waals surface area contributed by atoms with Crippen molar-refractivity contribution in [3.05, 3.63) is 59.1 Å². The van der Waals surface area contributed by atoms with Crippen LogP contribution in [0.3, 0.4) is 0 Å². The van der Waals surface area contributed by atoms with Crippen LogP contribution in [0, 0.1) is 0 Å². The maximum atomic E-state index is 12.4. The Morgan fingerprint density at radius 3 is 2.56 bits per heavy atom. The fraction of sp³-hybridized carbons (Fsp3) is 0.263. The first-order chi connectivity index (χ1) is 12.1. The van der Waals surface area contributed by atoms with Gasteiger partial charge in [-0.3, -0.25) is 9.59 Å². The van der Waals surface area contributed by atoms with Crippen LogP contribution in [-0.4, -0.2) is 36.3 Å². The van der Waals surface area contributed by atoms with Gasteiger partial charge in [-0.1, -0.05) is 29.8 Å². The summed E-state index contributed by atoms with van der Waals surface area (Å²) in [7, 11) is 0. The van der Waals surface area contributed by atoms with Gasteiger partial charge in [-0.2, -0.15) is 0 Å². The van der Waals surface area contributed by atoms with Crippen molar-refractivity contribution in [1.29, 1.82) is 0 Å². The molecule has 0 atom stereocenters. The highest BCUT2D eigenvalue weighted by atomic mass is 35.5. The Labute approximate surface area is 152 Å². The number of amides is 2. The summed E-state index contributed by atoms with van der Waals surface area (Å²) >= 11 is 6.03. The van der Waals surface area contributed by atoms with Gasteiger partial charge in [-0.05, 0) is 43.2 Å². The fourth-order valence-electron chi connectivity index (χ4n) is 2.80. The van der Waals surface area contributed by atoms with Gasteiger partial charge in [0.1, 0.15) is 0 Å². The molecule has 1 heterocycles. The average Bonchev–Trinajstić information content (AvgIpc) is 3.16. The molecule has 3 rings (SSSR count). The van der Waals surface area contributed by atoms with Crippen LogP contribution in [0.2, 0.25) is 5.02 Å². The van der Waals surface area contributed by atoms with Crippen LogP contribution >= 0.6 is 11.6 Å². The number of carbonyl (C=O) groups is 2. The summed E-state index contributed by atoms with van der Waals surface area (Å²) in [5.74, 6) is -0.161. The predicted molar refractivity (Wildman–Crippen MR) is 100 cm³/mol. The zero-order chi connectivity index (χ0) is 17.6. The molecule has 2 aromatic carbocycles. The lowest BCUT2D eigenvalue weighted by Gasteiger charge is -2.16. The van der Waals surface area contributed by atoms with Crippen LogP contribution in [0.25, 0.3) is 0 Å². The van der Waals surface area contributed by atoms with Crippen molar-refractivity contribution >= 4 is 34.8 Å². The topological polar surface area (TPSA) is 61.4 Å². The second kappa shape index (κ2) is 8.03. The number of halogens is 1. The molecule has 0 unspecified atom stereocenters. The van der Waals surface area contributed by atoms with Gasteiger partial charge in [-0.15, -0.1) is 0 Å². The molecule has 1 aliphatic rings. The minimum absolute atomic E-state index is 0.0432. The largest absolute Gasteiger partial charge is 0.376 e. The van der Waals surface area contributed by atoms with Gasteiger partial charge in [0.05, 0.1) is 17.3 Å². The molecule has 2 N–H and O–H groups in total. The average molecular weight is 358 g/mol. The molecule has 5 nitrogen and oxygen atoms in total. The maximum absolute atomic E-state index is 12.4. The van der Waals surface area contributed by atoms with Gasteiger partial charge in [-0.25, -0.2) is 0 Å². The molecular formula is C19H20ClN3O2. The molecule has 0 aromatic heterocycles. The van der Waals surface area contributed by atoms with Crippen LogP contribution in [0.5, 0.6) is 0 Å². The SMILES string of the molecule is O=C(CNc1cccc(C(=O)N2CCCC2)c1)Nc1ccccc1Cl. The third-order valence-corrected chi connectivity index (χ3v) is 4.43. The van der Waals surface area contributed by atoms with Gasteiger partial charge >= 0.3 is 0 Å². The summed E-state index contributed by atoms with van der Waals surface area (Å²) in [5, 5.41) is 6.29. The Morgan fingerprint density at radius 1 is 1.04 bits per heavy atom. The first-order valence-corrected chi connectivity index (χ1v) is 8.69. The molecule has 1 fully saturated rings. The maximum Gasteiger partial charge on any atom is 0.253 e. The van der Waals surface area contributed by atoms with E-state index in [2.05, 4.69) is 10.6 Å². The first kappa shape index (κ1) is 17.3. The highest BCUT2D eigenvalue weighted by molar-refractivity contribution is 6.33. The van der Waals surface area contributed by atoms with Crippen molar-refractivity contribution in [2.24, 2.45) is 0 Å². The van der Waals surface area contributed by atoms with Crippen LogP contribution in [0.4, 0.5) is 11.4 Å². The van der Waals surface area contributed by atoms with Crippen LogP contribution in [0.15, 0.2) is 48.5 Å². The molecule has 0 spiro atoms. The molecular weight excluding hydrogens is 338 g/mol. The van der Waals surface area contributed by atoms with Gasteiger partial charge in [0, 0.05) is 24.3 Å². The van der Waals surface area contributed by atoms with E-state index in [1.165, 1.54) is 0 Å². The van der Waals surface area contributed by atoms with E-state index in [4.69, 9.17) is 11.6 Å². The number of anilines is 2. The Kier molecular flexibility index (Phi) is 5.56. The molecule has 0 bridgehead atoms. The lowest BCUT2D eigenvalue weighted by molar-refractivity contribution is -0.114. The van der Waals surface area contributed by atoms with Crippen LogP contribution in [0.1, 0.15) is 23.2 Å². The second-order valence-corrected chi connectivity index (χ2v) is 6.37. The molecule has 130 valence electrons. The number of nitrogens with one attached hydrogen (secondary N) is 2. The number of carbonyl (C=O) groups excluding carboxylic acids is 2.